The maximum Gasteiger partial charge on any atom is 0.407 e. The molecule has 1 saturated heterocycles. The standard InChI is InChI=1S/C16H15BrF2N4O5/c1-7-4-22(8(6-24)5-21(7)16(25)26)15-9-2-10(18)12(17)13(19)14(9)20-3-11(15)23(27)28/h2-3,7-8,24H,4-6H2,1H3,(H,25,26)/t7-,8-/m1/s1. The number of nitrogens with zero attached hydrogens (tertiary/aromatic N) is 4. The normalized spacial score (nSPS) is 19.9. The van der Waals surface area contributed by atoms with Gasteiger partial charge in [0.2, 0.25) is 0 Å². The van der Waals surface area contributed by atoms with Gasteiger partial charge in [0.1, 0.15) is 23.2 Å². The molecule has 28 heavy (non-hydrogen) atoms. The molecule has 1 aromatic carbocycles. The fraction of sp³-hybridized carbons (Fsp3) is 0.375. The molecule has 1 aromatic heterocycles. The first kappa shape index (κ1) is 20.1. The number of aliphatic hydroxyl groups is 1. The minimum atomic E-state index is -1.19. The van der Waals surface area contributed by atoms with Crippen molar-refractivity contribution in [2.45, 2.75) is 19.0 Å². The van der Waals surface area contributed by atoms with E-state index < -0.39 is 51.5 Å². The Balaban J connectivity index is 2.26. The molecular weight excluding hydrogens is 446 g/mol. The summed E-state index contributed by atoms with van der Waals surface area (Å²) in [5, 5.41) is 30.5. The molecular formula is C16H15BrF2N4O5. The van der Waals surface area contributed by atoms with Crippen molar-refractivity contribution in [2.75, 3.05) is 24.6 Å². The fourth-order valence-electron chi connectivity index (χ4n) is 3.39. The Kier molecular flexibility index (Phi) is 5.35. The van der Waals surface area contributed by atoms with E-state index in [-0.39, 0.29) is 29.7 Å². The smallest absolute Gasteiger partial charge is 0.407 e. The summed E-state index contributed by atoms with van der Waals surface area (Å²) in [5.74, 6) is -1.98. The number of pyridine rings is 1. The molecule has 1 amide bonds. The number of aliphatic hydroxyl groups excluding tert-OH is 1. The molecule has 1 aliphatic heterocycles. The Hall–Kier alpha value is -2.60. The number of carbonyl (C=O) groups is 1. The summed E-state index contributed by atoms with van der Waals surface area (Å²) >= 11 is 2.78. The monoisotopic (exact) mass is 460 g/mol. The third-order valence-corrected chi connectivity index (χ3v) is 5.46. The molecule has 1 aliphatic rings. The zero-order chi connectivity index (χ0) is 20.7. The summed E-state index contributed by atoms with van der Waals surface area (Å²) in [7, 11) is 0. The van der Waals surface area contributed by atoms with Crippen molar-refractivity contribution in [3.05, 3.63) is 38.5 Å². The van der Waals surface area contributed by atoms with Gasteiger partial charge in [0.25, 0.3) is 0 Å². The van der Waals surface area contributed by atoms with Gasteiger partial charge in [-0.15, -0.1) is 0 Å². The highest BCUT2D eigenvalue weighted by Gasteiger charge is 2.38. The molecule has 2 aromatic rings. The highest BCUT2D eigenvalue weighted by molar-refractivity contribution is 9.10. The van der Waals surface area contributed by atoms with Gasteiger partial charge in [0.15, 0.2) is 5.82 Å². The van der Waals surface area contributed by atoms with Crippen molar-refractivity contribution in [3.8, 4) is 0 Å². The summed E-state index contributed by atoms with van der Waals surface area (Å²) in [5.41, 5.74) is -0.891. The van der Waals surface area contributed by atoms with Crippen LogP contribution in [0, 0.1) is 21.7 Å². The van der Waals surface area contributed by atoms with Crippen molar-refractivity contribution < 1.29 is 28.7 Å². The second kappa shape index (κ2) is 7.43. The van der Waals surface area contributed by atoms with E-state index in [4.69, 9.17) is 0 Å². The predicted molar refractivity (Wildman–Crippen MR) is 98.4 cm³/mol. The summed E-state index contributed by atoms with van der Waals surface area (Å²) in [6.45, 7) is 0.937. The highest BCUT2D eigenvalue weighted by atomic mass is 79.9. The molecule has 3 rings (SSSR count). The number of benzene rings is 1. The van der Waals surface area contributed by atoms with Gasteiger partial charge in [0.05, 0.1) is 22.0 Å². The van der Waals surface area contributed by atoms with Crippen LogP contribution in [0.5, 0.6) is 0 Å². The SMILES string of the molecule is C[C@@H]1CN(c2c([N+](=O)[O-])cnc3c(F)c(Br)c(F)cc23)[C@@H](CO)CN1C(=O)O. The molecule has 2 heterocycles. The third-order valence-electron chi connectivity index (χ3n) is 4.73. The van der Waals surface area contributed by atoms with Gasteiger partial charge < -0.3 is 20.0 Å². The van der Waals surface area contributed by atoms with Gasteiger partial charge in [-0.1, -0.05) is 0 Å². The Morgan fingerprint density at radius 1 is 1.46 bits per heavy atom. The van der Waals surface area contributed by atoms with Crippen LogP contribution in [0.4, 0.5) is 25.0 Å². The predicted octanol–water partition coefficient (Wildman–Crippen LogP) is 2.73. The van der Waals surface area contributed by atoms with Gasteiger partial charge in [0, 0.05) is 24.5 Å². The summed E-state index contributed by atoms with van der Waals surface area (Å²) < 4.78 is 28.2. The zero-order valence-electron chi connectivity index (χ0n) is 14.5. The van der Waals surface area contributed by atoms with Gasteiger partial charge in [-0.25, -0.2) is 18.6 Å². The van der Waals surface area contributed by atoms with E-state index in [9.17, 15) is 33.9 Å². The van der Waals surface area contributed by atoms with E-state index in [1.165, 1.54) is 4.90 Å². The zero-order valence-corrected chi connectivity index (χ0v) is 16.1. The van der Waals surface area contributed by atoms with Crippen LogP contribution in [-0.2, 0) is 0 Å². The number of amides is 1. The number of carboxylic acid groups (broad SMARTS) is 1. The Morgan fingerprint density at radius 3 is 2.71 bits per heavy atom. The molecule has 2 atom stereocenters. The molecule has 0 bridgehead atoms. The largest absolute Gasteiger partial charge is 0.465 e. The van der Waals surface area contributed by atoms with Crippen molar-refractivity contribution in [1.29, 1.82) is 0 Å². The highest BCUT2D eigenvalue weighted by Crippen LogP contribution is 2.40. The maximum atomic E-state index is 14.5. The van der Waals surface area contributed by atoms with Crippen LogP contribution in [0.15, 0.2) is 16.7 Å². The van der Waals surface area contributed by atoms with Crippen molar-refractivity contribution in [3.63, 3.8) is 0 Å². The van der Waals surface area contributed by atoms with Crippen molar-refractivity contribution in [1.82, 2.24) is 9.88 Å². The second-order valence-corrected chi connectivity index (χ2v) is 7.20. The lowest BCUT2D eigenvalue weighted by atomic mass is 10.0. The van der Waals surface area contributed by atoms with E-state index in [0.717, 1.165) is 17.2 Å². The molecule has 0 aliphatic carbocycles. The average Bonchev–Trinajstić information content (AvgIpc) is 2.64. The van der Waals surface area contributed by atoms with Gasteiger partial charge in [-0.3, -0.25) is 10.1 Å². The van der Waals surface area contributed by atoms with E-state index in [1.54, 1.807) is 6.92 Å². The van der Waals surface area contributed by atoms with Gasteiger partial charge in [-0.2, -0.15) is 0 Å². The summed E-state index contributed by atoms with van der Waals surface area (Å²) in [6.07, 6.45) is -0.325. The number of hydrogen-bond donors (Lipinski definition) is 2. The number of anilines is 1. The van der Waals surface area contributed by atoms with Crippen LogP contribution in [0.1, 0.15) is 6.92 Å². The summed E-state index contributed by atoms with van der Waals surface area (Å²) in [4.78, 5) is 28.5. The molecule has 0 spiro atoms. The van der Waals surface area contributed by atoms with Crippen LogP contribution >= 0.6 is 15.9 Å². The van der Waals surface area contributed by atoms with Crippen LogP contribution in [0.3, 0.4) is 0 Å². The lowest BCUT2D eigenvalue weighted by molar-refractivity contribution is -0.384. The van der Waals surface area contributed by atoms with E-state index in [1.807, 2.05) is 0 Å². The van der Waals surface area contributed by atoms with Crippen molar-refractivity contribution in [2.24, 2.45) is 0 Å². The van der Waals surface area contributed by atoms with Crippen LogP contribution < -0.4 is 4.90 Å². The molecule has 0 saturated carbocycles. The first-order valence-corrected chi connectivity index (χ1v) is 8.94. The number of fused-ring (bicyclic) bond motifs is 1. The first-order valence-electron chi connectivity index (χ1n) is 8.15. The number of hydrogen-bond acceptors (Lipinski definition) is 6. The van der Waals surface area contributed by atoms with E-state index >= 15 is 0 Å². The topological polar surface area (TPSA) is 120 Å². The Labute approximate surface area is 165 Å². The number of rotatable bonds is 3. The molecule has 0 unspecified atom stereocenters. The quantitative estimate of drug-likeness (QED) is 0.410. The summed E-state index contributed by atoms with van der Waals surface area (Å²) in [6, 6.07) is -0.486. The van der Waals surface area contributed by atoms with Gasteiger partial charge in [-0.05, 0) is 28.9 Å². The lowest BCUT2D eigenvalue weighted by Gasteiger charge is -2.44. The number of nitro groups is 1. The number of piperazine rings is 1. The second-order valence-electron chi connectivity index (χ2n) is 6.40. The van der Waals surface area contributed by atoms with Crippen LogP contribution in [0.2, 0.25) is 0 Å². The van der Waals surface area contributed by atoms with E-state index in [2.05, 4.69) is 20.9 Å². The molecule has 9 nitrogen and oxygen atoms in total. The maximum absolute atomic E-state index is 14.5. The lowest BCUT2D eigenvalue weighted by Crippen LogP contribution is -2.60. The Morgan fingerprint density at radius 2 is 2.14 bits per heavy atom. The van der Waals surface area contributed by atoms with E-state index in [0.29, 0.717) is 0 Å². The minimum absolute atomic E-state index is 0.0171. The van der Waals surface area contributed by atoms with Crippen LogP contribution in [-0.4, -0.2) is 62.9 Å². The number of aromatic nitrogens is 1. The minimum Gasteiger partial charge on any atom is -0.465 e. The molecule has 12 heteroatoms. The Bertz CT molecular complexity index is 976. The third kappa shape index (κ3) is 3.22. The van der Waals surface area contributed by atoms with Crippen molar-refractivity contribution >= 4 is 44.3 Å². The van der Waals surface area contributed by atoms with Gasteiger partial charge >= 0.3 is 11.8 Å². The average molecular weight is 461 g/mol. The molecule has 1 fully saturated rings. The number of halogens is 3. The van der Waals surface area contributed by atoms with Crippen LogP contribution in [0.25, 0.3) is 10.9 Å². The molecule has 0 radical (unpaired) electrons. The molecule has 2 N–H and O–H groups in total. The first-order chi connectivity index (χ1) is 13.2. The molecule has 150 valence electrons. The fourth-order valence-corrected chi connectivity index (χ4v) is 3.69.